The molecule has 1 nitrogen and oxygen atoms in total. The van der Waals surface area contributed by atoms with Gasteiger partial charge in [-0.25, -0.2) is 0 Å². The standard InChI is InChI=1S/C9H11NS/c10-11-9-5-7-3-1-2-4-8(7)6-9/h1-4,9H,5-6,10H2. The van der Waals surface area contributed by atoms with E-state index in [9.17, 15) is 0 Å². The Morgan fingerprint density at radius 2 is 1.73 bits per heavy atom. The molecule has 0 fully saturated rings. The van der Waals surface area contributed by atoms with E-state index >= 15 is 0 Å². The second-order valence-corrected chi connectivity index (χ2v) is 3.87. The summed E-state index contributed by atoms with van der Waals surface area (Å²) in [5.41, 5.74) is 2.96. The smallest absolute Gasteiger partial charge is 0.0271 e. The number of benzene rings is 1. The lowest BCUT2D eigenvalue weighted by Crippen LogP contribution is -2.04. The van der Waals surface area contributed by atoms with Crippen molar-refractivity contribution < 1.29 is 0 Å². The third-order valence-corrected chi connectivity index (χ3v) is 2.92. The summed E-state index contributed by atoms with van der Waals surface area (Å²) in [5.74, 6) is 0. The van der Waals surface area contributed by atoms with Crippen molar-refractivity contribution in [2.45, 2.75) is 18.1 Å². The Morgan fingerprint density at radius 3 is 2.18 bits per heavy atom. The monoisotopic (exact) mass is 165 g/mol. The van der Waals surface area contributed by atoms with E-state index in [0.29, 0.717) is 5.25 Å². The summed E-state index contributed by atoms with van der Waals surface area (Å²) in [4.78, 5) is 0. The highest BCUT2D eigenvalue weighted by Gasteiger charge is 2.19. The first-order valence-electron chi connectivity index (χ1n) is 3.82. The number of hydrogen-bond donors (Lipinski definition) is 1. The molecule has 0 bridgehead atoms. The zero-order valence-electron chi connectivity index (χ0n) is 6.29. The van der Waals surface area contributed by atoms with Crippen LogP contribution in [0.1, 0.15) is 11.1 Å². The van der Waals surface area contributed by atoms with Gasteiger partial charge in [-0.15, -0.1) is 0 Å². The minimum absolute atomic E-state index is 0.618. The fraction of sp³-hybridized carbons (Fsp3) is 0.333. The fourth-order valence-electron chi connectivity index (χ4n) is 1.61. The van der Waals surface area contributed by atoms with Crippen LogP contribution in [0.25, 0.3) is 0 Å². The normalized spacial score (nSPS) is 16.8. The SMILES string of the molecule is NSC1Cc2ccccc2C1. The molecule has 1 aromatic carbocycles. The van der Waals surface area contributed by atoms with Crippen LogP contribution in [-0.4, -0.2) is 5.25 Å². The molecule has 2 rings (SSSR count). The summed E-state index contributed by atoms with van der Waals surface area (Å²) < 4.78 is 0. The highest BCUT2D eigenvalue weighted by molar-refractivity contribution is 7.97. The molecule has 58 valence electrons. The summed E-state index contributed by atoms with van der Waals surface area (Å²) in [6, 6.07) is 8.60. The average molecular weight is 165 g/mol. The molecule has 1 aliphatic carbocycles. The topological polar surface area (TPSA) is 26.0 Å². The molecule has 0 saturated carbocycles. The number of fused-ring (bicyclic) bond motifs is 1. The Kier molecular flexibility index (Phi) is 1.88. The van der Waals surface area contributed by atoms with Crippen molar-refractivity contribution in [3.63, 3.8) is 0 Å². The third kappa shape index (κ3) is 1.28. The van der Waals surface area contributed by atoms with Gasteiger partial charge >= 0.3 is 0 Å². The van der Waals surface area contributed by atoms with Gasteiger partial charge in [0.2, 0.25) is 0 Å². The third-order valence-electron chi connectivity index (χ3n) is 2.21. The van der Waals surface area contributed by atoms with Crippen molar-refractivity contribution in [3.8, 4) is 0 Å². The molecule has 0 radical (unpaired) electrons. The van der Waals surface area contributed by atoms with Crippen LogP contribution in [0, 0.1) is 0 Å². The highest BCUT2D eigenvalue weighted by atomic mass is 32.2. The van der Waals surface area contributed by atoms with Gasteiger partial charge < -0.3 is 0 Å². The maximum atomic E-state index is 5.53. The molecule has 1 aromatic rings. The molecule has 2 heteroatoms. The summed E-state index contributed by atoms with van der Waals surface area (Å²) in [7, 11) is 0. The molecule has 0 unspecified atom stereocenters. The predicted molar refractivity (Wildman–Crippen MR) is 49.4 cm³/mol. The van der Waals surface area contributed by atoms with E-state index in [1.165, 1.54) is 23.1 Å². The minimum atomic E-state index is 0.618. The summed E-state index contributed by atoms with van der Waals surface area (Å²) in [6.45, 7) is 0. The van der Waals surface area contributed by atoms with Gasteiger partial charge in [0.05, 0.1) is 0 Å². The van der Waals surface area contributed by atoms with Crippen LogP contribution in [0.5, 0.6) is 0 Å². The number of hydrogen-bond acceptors (Lipinski definition) is 2. The fourth-order valence-corrected chi connectivity index (χ4v) is 2.17. The van der Waals surface area contributed by atoms with E-state index in [1.807, 2.05) is 0 Å². The molecule has 0 spiro atoms. The lowest BCUT2D eigenvalue weighted by Gasteiger charge is -2.00. The van der Waals surface area contributed by atoms with Gasteiger partial charge in [0.25, 0.3) is 0 Å². The average Bonchev–Trinajstić information content (AvgIpc) is 2.46. The molecule has 1 aliphatic rings. The van der Waals surface area contributed by atoms with E-state index in [0.717, 1.165) is 12.8 Å². The summed E-state index contributed by atoms with van der Waals surface area (Å²) in [5, 5.41) is 6.15. The Morgan fingerprint density at radius 1 is 1.18 bits per heavy atom. The number of nitrogens with two attached hydrogens (primary N) is 1. The molecule has 0 aromatic heterocycles. The van der Waals surface area contributed by atoms with Crippen LogP contribution in [0.15, 0.2) is 24.3 Å². The van der Waals surface area contributed by atoms with Crippen LogP contribution in [-0.2, 0) is 12.8 Å². The first-order valence-corrected chi connectivity index (χ1v) is 4.77. The van der Waals surface area contributed by atoms with Crippen LogP contribution in [0.2, 0.25) is 0 Å². The van der Waals surface area contributed by atoms with E-state index < -0.39 is 0 Å². The zero-order chi connectivity index (χ0) is 7.68. The maximum absolute atomic E-state index is 5.53. The first kappa shape index (κ1) is 7.19. The van der Waals surface area contributed by atoms with Gasteiger partial charge in [0.15, 0.2) is 0 Å². The number of rotatable bonds is 1. The molecule has 2 N–H and O–H groups in total. The van der Waals surface area contributed by atoms with Gasteiger partial charge in [0.1, 0.15) is 0 Å². The second-order valence-electron chi connectivity index (χ2n) is 2.94. The van der Waals surface area contributed by atoms with Crippen LogP contribution < -0.4 is 5.14 Å². The van der Waals surface area contributed by atoms with Crippen LogP contribution >= 0.6 is 11.9 Å². The molecular formula is C9H11NS. The molecule has 0 heterocycles. The first-order chi connectivity index (χ1) is 5.40. The van der Waals surface area contributed by atoms with Crippen LogP contribution in [0.3, 0.4) is 0 Å². The van der Waals surface area contributed by atoms with Gasteiger partial charge in [-0.1, -0.05) is 36.2 Å². The minimum Gasteiger partial charge on any atom is -0.278 e. The van der Waals surface area contributed by atoms with Crippen molar-refractivity contribution in [2.75, 3.05) is 0 Å². The van der Waals surface area contributed by atoms with Crippen LogP contribution in [0.4, 0.5) is 0 Å². The molecule has 0 aliphatic heterocycles. The highest BCUT2D eigenvalue weighted by Crippen LogP contribution is 2.26. The van der Waals surface area contributed by atoms with Crippen molar-refractivity contribution in [2.24, 2.45) is 5.14 Å². The van der Waals surface area contributed by atoms with Crippen molar-refractivity contribution >= 4 is 11.9 Å². The van der Waals surface area contributed by atoms with Crippen molar-refractivity contribution in [1.29, 1.82) is 0 Å². The van der Waals surface area contributed by atoms with Crippen molar-refractivity contribution in [1.82, 2.24) is 0 Å². The summed E-state index contributed by atoms with van der Waals surface area (Å²) >= 11 is 1.49. The Labute approximate surface area is 71.1 Å². The Hall–Kier alpha value is -0.470. The van der Waals surface area contributed by atoms with Gasteiger partial charge in [-0.3, -0.25) is 5.14 Å². The largest absolute Gasteiger partial charge is 0.278 e. The Balaban J connectivity index is 2.27. The van der Waals surface area contributed by atoms with E-state index in [4.69, 9.17) is 5.14 Å². The molecular weight excluding hydrogens is 154 g/mol. The predicted octanol–water partition coefficient (Wildman–Crippen LogP) is 1.76. The van der Waals surface area contributed by atoms with Crippen molar-refractivity contribution in [3.05, 3.63) is 35.4 Å². The van der Waals surface area contributed by atoms with Gasteiger partial charge in [0, 0.05) is 5.25 Å². The maximum Gasteiger partial charge on any atom is 0.0271 e. The quantitative estimate of drug-likeness (QED) is 0.642. The van der Waals surface area contributed by atoms with Gasteiger partial charge in [-0.05, 0) is 24.0 Å². The molecule has 0 saturated heterocycles. The lowest BCUT2D eigenvalue weighted by atomic mass is 10.1. The molecule has 0 atom stereocenters. The van der Waals surface area contributed by atoms with Gasteiger partial charge in [-0.2, -0.15) is 0 Å². The second kappa shape index (κ2) is 2.88. The molecule has 11 heavy (non-hydrogen) atoms. The van der Waals surface area contributed by atoms with E-state index in [-0.39, 0.29) is 0 Å². The van der Waals surface area contributed by atoms with E-state index in [2.05, 4.69) is 24.3 Å². The lowest BCUT2D eigenvalue weighted by molar-refractivity contribution is 0.936. The van der Waals surface area contributed by atoms with E-state index in [1.54, 1.807) is 0 Å². The zero-order valence-corrected chi connectivity index (χ0v) is 7.10. The summed E-state index contributed by atoms with van der Waals surface area (Å²) in [6.07, 6.45) is 2.30. The molecule has 0 amide bonds. The Bertz CT molecular complexity index is 234.